The van der Waals surface area contributed by atoms with Crippen molar-refractivity contribution in [3.8, 4) is 11.5 Å². The van der Waals surface area contributed by atoms with E-state index in [-0.39, 0.29) is 35.5 Å². The van der Waals surface area contributed by atoms with E-state index < -0.39 is 35.8 Å². The Morgan fingerprint density at radius 2 is 1.58 bits per heavy atom. The van der Waals surface area contributed by atoms with E-state index in [1.54, 1.807) is 28.1 Å². The van der Waals surface area contributed by atoms with E-state index in [1.165, 1.54) is 10.9 Å². The van der Waals surface area contributed by atoms with Crippen LogP contribution in [-0.4, -0.2) is 69.7 Å². The van der Waals surface area contributed by atoms with Gasteiger partial charge in [0.1, 0.15) is 29.3 Å². The summed E-state index contributed by atoms with van der Waals surface area (Å²) in [6.07, 6.45) is -4.84. The van der Waals surface area contributed by atoms with Crippen LogP contribution < -0.4 is 20.3 Å². The summed E-state index contributed by atoms with van der Waals surface area (Å²) in [4.78, 5) is 35.9. The number of alkyl halides is 1. The predicted molar refractivity (Wildman–Crippen MR) is 175 cm³/mol. The van der Waals surface area contributed by atoms with Crippen molar-refractivity contribution >= 4 is 23.0 Å². The summed E-state index contributed by atoms with van der Waals surface area (Å²) in [5, 5.41) is 13.7. The molecule has 1 aliphatic rings. The molecular formula is C35H36FN5O7. The van der Waals surface area contributed by atoms with Crippen molar-refractivity contribution in [2.45, 2.75) is 44.1 Å². The second-order valence-electron chi connectivity index (χ2n) is 11.7. The van der Waals surface area contributed by atoms with E-state index in [9.17, 15) is 14.7 Å². The first kappa shape index (κ1) is 32.8. The van der Waals surface area contributed by atoms with Crippen LogP contribution in [0.25, 0.3) is 11.2 Å². The maximum absolute atomic E-state index is 15.9. The molecule has 48 heavy (non-hydrogen) atoms. The molecule has 12 nitrogen and oxygen atoms in total. The Labute approximate surface area is 275 Å². The molecule has 3 aromatic carbocycles. The molecule has 2 aromatic heterocycles. The Kier molecular flexibility index (Phi) is 9.27. The molecule has 1 fully saturated rings. The van der Waals surface area contributed by atoms with Crippen LogP contribution in [0, 0.1) is 5.92 Å². The van der Waals surface area contributed by atoms with Gasteiger partial charge in [-0.2, -0.15) is 4.98 Å². The fraction of sp³-hybridized carbons (Fsp3) is 0.314. The smallest absolute Gasteiger partial charge is 0.280 e. The zero-order valence-corrected chi connectivity index (χ0v) is 26.8. The molecule has 1 amide bonds. The number of anilines is 1. The molecule has 0 spiro atoms. The lowest BCUT2D eigenvalue weighted by Gasteiger charge is -2.37. The molecule has 0 aliphatic carbocycles. The van der Waals surface area contributed by atoms with Gasteiger partial charge < -0.3 is 24.1 Å². The number of rotatable bonds is 11. The highest BCUT2D eigenvalue weighted by molar-refractivity contribution is 5.91. The van der Waals surface area contributed by atoms with E-state index in [0.29, 0.717) is 11.5 Å². The van der Waals surface area contributed by atoms with Gasteiger partial charge in [0.05, 0.1) is 27.2 Å². The number of nitrogens with zero attached hydrogens (tertiary/aromatic N) is 3. The average Bonchev–Trinajstić information content (AvgIpc) is 3.66. The molecule has 0 radical (unpaired) electrons. The molecule has 5 aromatic rings. The number of benzene rings is 3. The van der Waals surface area contributed by atoms with Gasteiger partial charge in [-0.25, -0.2) is 9.37 Å². The number of nitrogens with one attached hydrogen (secondary N) is 2. The maximum atomic E-state index is 15.9. The number of amides is 1. The highest BCUT2D eigenvalue weighted by Gasteiger charge is 2.48. The first-order valence-corrected chi connectivity index (χ1v) is 15.4. The standard InChI is InChI=1S/C35H36FN5O7/c1-20(2)31(43)39-34-38-30-28(32(44)40-34)37-19-41(30)33-27(36)29(42)26(48-33)18-47-35(21-8-6-5-7-9-21,22-10-14-24(45-3)15-11-22)23-12-16-25(46-4)17-13-23/h5-17,19-20,26-27,29,33,42H,18H2,1-4H3,(H2,38,39,40,43,44)/t26?,27?,29-,33?/m0/s1. The zero-order chi connectivity index (χ0) is 34.0. The maximum Gasteiger partial charge on any atom is 0.280 e. The van der Waals surface area contributed by atoms with Crippen molar-refractivity contribution in [2.24, 2.45) is 5.92 Å². The zero-order valence-electron chi connectivity index (χ0n) is 26.8. The predicted octanol–water partition coefficient (Wildman–Crippen LogP) is 4.34. The number of aliphatic hydroxyl groups excluding tert-OH is 1. The van der Waals surface area contributed by atoms with E-state index in [0.717, 1.165) is 16.7 Å². The van der Waals surface area contributed by atoms with Crippen LogP contribution in [0.15, 0.2) is 90.0 Å². The Morgan fingerprint density at radius 1 is 1.00 bits per heavy atom. The van der Waals surface area contributed by atoms with Gasteiger partial charge >= 0.3 is 0 Å². The van der Waals surface area contributed by atoms with Gasteiger partial charge in [0.25, 0.3) is 5.56 Å². The van der Waals surface area contributed by atoms with Crippen LogP contribution in [0.3, 0.4) is 0 Å². The fourth-order valence-corrected chi connectivity index (χ4v) is 5.78. The molecule has 1 aliphatic heterocycles. The number of carbonyl (C=O) groups is 1. The summed E-state index contributed by atoms with van der Waals surface area (Å²) in [7, 11) is 3.17. The molecule has 6 rings (SSSR count). The molecule has 3 heterocycles. The third-order valence-electron chi connectivity index (χ3n) is 8.40. The number of ether oxygens (including phenoxy) is 4. The summed E-state index contributed by atoms with van der Waals surface area (Å²) in [5.41, 5.74) is 0.326. The minimum absolute atomic E-state index is 0.0191. The lowest BCUT2D eigenvalue weighted by atomic mass is 9.80. The Bertz CT molecular complexity index is 1880. The number of H-pyrrole nitrogens is 1. The summed E-state index contributed by atoms with van der Waals surface area (Å²) in [6.45, 7) is 3.15. The Hall–Kier alpha value is -5.11. The van der Waals surface area contributed by atoms with Gasteiger partial charge in [-0.15, -0.1) is 0 Å². The Morgan fingerprint density at radius 3 is 2.15 bits per heavy atom. The molecular weight excluding hydrogens is 621 g/mol. The number of aromatic amines is 1. The van der Waals surface area contributed by atoms with Crippen molar-refractivity contribution < 1.29 is 33.2 Å². The highest BCUT2D eigenvalue weighted by Crippen LogP contribution is 2.43. The fourth-order valence-electron chi connectivity index (χ4n) is 5.78. The van der Waals surface area contributed by atoms with E-state index in [1.807, 2.05) is 78.9 Å². The monoisotopic (exact) mass is 657 g/mol. The summed E-state index contributed by atoms with van der Waals surface area (Å²) in [6, 6.07) is 24.4. The highest BCUT2D eigenvalue weighted by atomic mass is 19.1. The molecule has 1 saturated heterocycles. The van der Waals surface area contributed by atoms with Crippen LogP contribution in [0.4, 0.5) is 10.3 Å². The van der Waals surface area contributed by atoms with Crippen LogP contribution >= 0.6 is 0 Å². The van der Waals surface area contributed by atoms with E-state index >= 15 is 4.39 Å². The van der Waals surface area contributed by atoms with Crippen molar-refractivity contribution in [3.05, 3.63) is 112 Å². The number of methoxy groups -OCH3 is 2. The number of aliphatic hydroxyl groups is 1. The Balaban J connectivity index is 1.36. The van der Waals surface area contributed by atoms with Gasteiger partial charge in [0, 0.05) is 5.92 Å². The van der Waals surface area contributed by atoms with Gasteiger partial charge in [0.2, 0.25) is 11.9 Å². The number of hydrogen-bond acceptors (Lipinski definition) is 9. The number of carbonyl (C=O) groups excluding carboxylic acids is 1. The third-order valence-corrected chi connectivity index (χ3v) is 8.40. The number of fused-ring (bicyclic) bond motifs is 1. The topological polar surface area (TPSA) is 150 Å². The normalized spacial score (nSPS) is 19.5. The minimum Gasteiger partial charge on any atom is -0.497 e. The van der Waals surface area contributed by atoms with Crippen molar-refractivity contribution in [2.75, 3.05) is 26.1 Å². The number of aromatic nitrogens is 4. The molecule has 13 heteroatoms. The molecule has 3 N–H and O–H groups in total. The second kappa shape index (κ2) is 13.6. The first-order chi connectivity index (χ1) is 23.2. The summed E-state index contributed by atoms with van der Waals surface area (Å²) < 4.78 is 40.9. The second-order valence-corrected chi connectivity index (χ2v) is 11.7. The average molecular weight is 658 g/mol. The summed E-state index contributed by atoms with van der Waals surface area (Å²) >= 11 is 0. The lowest BCUT2D eigenvalue weighted by Crippen LogP contribution is -2.39. The molecule has 4 atom stereocenters. The van der Waals surface area contributed by atoms with Crippen molar-refractivity contribution in [1.82, 2.24) is 19.5 Å². The van der Waals surface area contributed by atoms with Crippen LogP contribution in [0.1, 0.15) is 36.8 Å². The SMILES string of the molecule is COc1ccc(C(OCC2OC(n3cnc4c(=O)[nH]c(NC(=O)C(C)C)nc43)C(F)[C@H]2O)(c2ccccc2)c2ccc(OC)cc2)cc1. The van der Waals surface area contributed by atoms with Crippen LogP contribution in [0.5, 0.6) is 11.5 Å². The third kappa shape index (κ3) is 6.03. The molecule has 3 unspecified atom stereocenters. The summed E-state index contributed by atoms with van der Waals surface area (Å²) in [5.74, 6) is 0.444. The quantitative estimate of drug-likeness (QED) is 0.176. The number of hydrogen-bond donors (Lipinski definition) is 3. The largest absolute Gasteiger partial charge is 0.497 e. The van der Waals surface area contributed by atoms with Gasteiger partial charge in [-0.3, -0.25) is 24.5 Å². The number of halogens is 1. The van der Waals surface area contributed by atoms with E-state index in [2.05, 4.69) is 20.3 Å². The molecule has 250 valence electrons. The van der Waals surface area contributed by atoms with Crippen molar-refractivity contribution in [1.29, 1.82) is 0 Å². The first-order valence-electron chi connectivity index (χ1n) is 15.4. The van der Waals surface area contributed by atoms with Crippen LogP contribution in [0.2, 0.25) is 0 Å². The van der Waals surface area contributed by atoms with Crippen molar-refractivity contribution in [3.63, 3.8) is 0 Å². The van der Waals surface area contributed by atoms with Gasteiger partial charge in [0.15, 0.2) is 23.6 Å². The molecule has 0 saturated carbocycles. The van der Waals surface area contributed by atoms with Crippen LogP contribution in [-0.2, 0) is 19.9 Å². The minimum atomic E-state index is -1.93. The lowest BCUT2D eigenvalue weighted by molar-refractivity contribution is -0.118. The van der Waals surface area contributed by atoms with Gasteiger partial charge in [-0.05, 0) is 41.0 Å². The number of imidazole rings is 1. The van der Waals surface area contributed by atoms with E-state index in [4.69, 9.17) is 18.9 Å². The van der Waals surface area contributed by atoms with Gasteiger partial charge in [-0.1, -0.05) is 68.4 Å². The molecule has 0 bridgehead atoms.